The lowest BCUT2D eigenvalue weighted by Gasteiger charge is -1.96. The zero-order valence-corrected chi connectivity index (χ0v) is 11.4. The Balaban J connectivity index is 2.00. The van der Waals surface area contributed by atoms with Crippen molar-refractivity contribution in [3.63, 3.8) is 0 Å². The highest BCUT2D eigenvalue weighted by Crippen LogP contribution is 2.25. The highest BCUT2D eigenvalue weighted by Gasteiger charge is 2.20. The number of nitrogens with zero attached hydrogens (tertiary/aromatic N) is 1. The van der Waals surface area contributed by atoms with Gasteiger partial charge in [0.2, 0.25) is 5.89 Å². The third kappa shape index (κ3) is 2.22. The first-order valence-corrected chi connectivity index (χ1v) is 7.99. The van der Waals surface area contributed by atoms with Crippen molar-refractivity contribution in [3.05, 3.63) is 41.6 Å². The zero-order valence-electron chi connectivity index (χ0n) is 9.74. The van der Waals surface area contributed by atoms with Crippen molar-refractivity contribution in [2.75, 3.05) is 5.73 Å². The number of oxazole rings is 1. The molecule has 0 amide bonds. The number of sulfone groups is 1. The number of nitrogens with two attached hydrogens (primary N) is 1. The van der Waals surface area contributed by atoms with Gasteiger partial charge in [-0.1, -0.05) is 12.1 Å². The van der Waals surface area contributed by atoms with Gasteiger partial charge in [-0.05, 0) is 23.6 Å². The molecular formula is C12H10N2O3S2. The summed E-state index contributed by atoms with van der Waals surface area (Å²) in [4.78, 5) is 4.14. The molecule has 0 saturated carbocycles. The van der Waals surface area contributed by atoms with Crippen molar-refractivity contribution in [1.82, 2.24) is 4.98 Å². The summed E-state index contributed by atoms with van der Waals surface area (Å²) < 4.78 is 29.9. The number of para-hydroxylation sites is 1. The van der Waals surface area contributed by atoms with Gasteiger partial charge in [-0.15, -0.1) is 11.3 Å². The normalized spacial score (nSPS) is 12.0. The topological polar surface area (TPSA) is 86.2 Å². The monoisotopic (exact) mass is 294 g/mol. The molecule has 2 N–H and O–H groups in total. The van der Waals surface area contributed by atoms with Crippen LogP contribution in [-0.2, 0) is 15.6 Å². The van der Waals surface area contributed by atoms with Crippen molar-refractivity contribution in [2.24, 2.45) is 0 Å². The predicted octanol–water partition coefficient (Wildman–Crippen LogP) is 2.45. The quantitative estimate of drug-likeness (QED) is 0.750. The SMILES string of the molecule is Nc1cccc2oc(CS(=O)(=O)c3cccs3)nc12. The second kappa shape index (κ2) is 4.36. The smallest absolute Gasteiger partial charge is 0.211 e. The van der Waals surface area contributed by atoms with Gasteiger partial charge in [-0.25, -0.2) is 13.4 Å². The fourth-order valence-electron chi connectivity index (χ4n) is 1.75. The molecule has 0 radical (unpaired) electrons. The molecule has 19 heavy (non-hydrogen) atoms. The summed E-state index contributed by atoms with van der Waals surface area (Å²) in [5, 5.41) is 1.72. The van der Waals surface area contributed by atoms with E-state index in [1.165, 1.54) is 11.3 Å². The largest absolute Gasteiger partial charge is 0.439 e. The summed E-state index contributed by atoms with van der Waals surface area (Å²) in [5.74, 6) is -0.108. The first-order chi connectivity index (χ1) is 9.06. The van der Waals surface area contributed by atoms with E-state index in [-0.39, 0.29) is 11.6 Å². The molecule has 98 valence electrons. The van der Waals surface area contributed by atoms with Gasteiger partial charge in [0.15, 0.2) is 15.4 Å². The Hall–Kier alpha value is -1.86. The minimum atomic E-state index is -3.41. The fraction of sp³-hybridized carbons (Fsp3) is 0.0833. The van der Waals surface area contributed by atoms with Crippen molar-refractivity contribution >= 4 is 38.0 Å². The number of hydrogen-bond donors (Lipinski definition) is 1. The molecule has 1 aromatic carbocycles. The van der Waals surface area contributed by atoms with Crippen LogP contribution in [0.25, 0.3) is 11.1 Å². The van der Waals surface area contributed by atoms with Crippen LogP contribution in [0.5, 0.6) is 0 Å². The maximum absolute atomic E-state index is 12.1. The van der Waals surface area contributed by atoms with Crippen LogP contribution in [0.2, 0.25) is 0 Å². The highest BCUT2D eigenvalue weighted by atomic mass is 32.2. The van der Waals surface area contributed by atoms with Crippen LogP contribution < -0.4 is 5.73 Å². The molecule has 0 aliphatic carbocycles. The molecule has 0 saturated heterocycles. The summed E-state index contributed by atoms with van der Waals surface area (Å²) in [5.41, 5.74) is 7.23. The maximum atomic E-state index is 12.1. The van der Waals surface area contributed by atoms with E-state index >= 15 is 0 Å². The number of thiophene rings is 1. The summed E-state index contributed by atoms with van der Waals surface area (Å²) in [7, 11) is -3.41. The lowest BCUT2D eigenvalue weighted by Crippen LogP contribution is -2.03. The molecule has 2 aromatic heterocycles. The first-order valence-electron chi connectivity index (χ1n) is 5.46. The lowest BCUT2D eigenvalue weighted by atomic mass is 10.3. The summed E-state index contributed by atoms with van der Waals surface area (Å²) >= 11 is 1.18. The predicted molar refractivity (Wildman–Crippen MR) is 73.6 cm³/mol. The molecule has 0 unspecified atom stereocenters. The van der Waals surface area contributed by atoms with Gasteiger partial charge in [-0.2, -0.15) is 0 Å². The molecule has 0 atom stereocenters. The van der Waals surface area contributed by atoms with Crippen LogP contribution in [0, 0.1) is 0 Å². The zero-order chi connectivity index (χ0) is 13.5. The van der Waals surface area contributed by atoms with Crippen molar-refractivity contribution in [1.29, 1.82) is 0 Å². The molecule has 7 heteroatoms. The van der Waals surface area contributed by atoms with Gasteiger partial charge < -0.3 is 10.2 Å². The Kier molecular flexibility index (Phi) is 2.79. The second-order valence-corrected chi connectivity index (χ2v) is 7.16. The molecule has 0 aliphatic heterocycles. The number of nitrogen functional groups attached to an aromatic ring is 1. The summed E-state index contributed by atoms with van der Waals surface area (Å²) in [6, 6.07) is 8.40. The van der Waals surface area contributed by atoms with Crippen LogP contribution in [0.4, 0.5) is 5.69 Å². The van der Waals surface area contributed by atoms with E-state index in [1.54, 1.807) is 35.7 Å². The molecule has 0 spiro atoms. The molecule has 5 nitrogen and oxygen atoms in total. The number of rotatable bonds is 3. The Morgan fingerprint density at radius 2 is 2.11 bits per heavy atom. The van der Waals surface area contributed by atoms with Gasteiger partial charge in [-0.3, -0.25) is 0 Å². The molecule has 0 fully saturated rings. The van der Waals surface area contributed by atoms with Gasteiger partial charge in [0.25, 0.3) is 0 Å². The molecule has 0 aliphatic rings. The third-order valence-corrected chi connectivity index (χ3v) is 5.70. The molecule has 3 rings (SSSR count). The minimum absolute atomic E-state index is 0.154. The number of anilines is 1. The van der Waals surface area contributed by atoms with Gasteiger partial charge in [0, 0.05) is 0 Å². The Labute approximate surface area is 113 Å². The second-order valence-electron chi connectivity index (χ2n) is 3.99. The number of aromatic nitrogens is 1. The maximum Gasteiger partial charge on any atom is 0.211 e. The number of benzene rings is 1. The van der Waals surface area contributed by atoms with E-state index in [9.17, 15) is 8.42 Å². The van der Waals surface area contributed by atoms with Gasteiger partial charge in [0.05, 0.1) is 5.69 Å². The minimum Gasteiger partial charge on any atom is -0.439 e. The summed E-state index contributed by atoms with van der Waals surface area (Å²) in [6.45, 7) is 0. The van der Waals surface area contributed by atoms with E-state index in [0.29, 0.717) is 21.0 Å². The van der Waals surface area contributed by atoms with Crippen molar-refractivity contribution in [3.8, 4) is 0 Å². The molecule has 0 bridgehead atoms. The van der Waals surface area contributed by atoms with Crippen LogP contribution in [0.15, 0.2) is 44.3 Å². The van der Waals surface area contributed by atoms with Crippen LogP contribution in [0.1, 0.15) is 5.89 Å². The molecule has 2 heterocycles. The first kappa shape index (κ1) is 12.2. The third-order valence-electron chi connectivity index (χ3n) is 2.61. The van der Waals surface area contributed by atoms with Crippen LogP contribution in [-0.4, -0.2) is 13.4 Å². The average Bonchev–Trinajstić information content (AvgIpc) is 2.96. The summed E-state index contributed by atoms with van der Waals surface area (Å²) in [6.07, 6.45) is 0. The Morgan fingerprint density at radius 3 is 2.79 bits per heavy atom. The number of hydrogen-bond acceptors (Lipinski definition) is 6. The molecular weight excluding hydrogens is 284 g/mol. The van der Waals surface area contributed by atoms with Crippen molar-refractivity contribution < 1.29 is 12.8 Å². The fourth-order valence-corrected chi connectivity index (χ4v) is 4.01. The standard InChI is InChI=1S/C12H10N2O3S2/c13-8-3-1-4-9-12(8)14-10(17-9)7-19(15,16)11-5-2-6-18-11/h1-6H,7,13H2. The Morgan fingerprint density at radius 1 is 1.26 bits per heavy atom. The van der Waals surface area contributed by atoms with Crippen molar-refractivity contribution in [2.45, 2.75) is 9.96 Å². The van der Waals surface area contributed by atoms with Crippen LogP contribution in [0.3, 0.4) is 0 Å². The van der Waals surface area contributed by atoms with E-state index < -0.39 is 9.84 Å². The average molecular weight is 294 g/mol. The highest BCUT2D eigenvalue weighted by molar-refractivity contribution is 7.92. The van der Waals surface area contributed by atoms with E-state index in [0.717, 1.165) is 0 Å². The molecule has 3 aromatic rings. The van der Waals surface area contributed by atoms with Gasteiger partial charge >= 0.3 is 0 Å². The van der Waals surface area contributed by atoms with Gasteiger partial charge in [0.1, 0.15) is 15.5 Å². The van der Waals surface area contributed by atoms with E-state index in [4.69, 9.17) is 10.2 Å². The Bertz CT molecular complexity index is 820. The van der Waals surface area contributed by atoms with E-state index in [2.05, 4.69) is 4.98 Å². The number of fused-ring (bicyclic) bond motifs is 1. The van der Waals surface area contributed by atoms with Crippen LogP contribution >= 0.6 is 11.3 Å². The lowest BCUT2D eigenvalue weighted by molar-refractivity contribution is 0.540. The van der Waals surface area contributed by atoms with E-state index in [1.807, 2.05) is 0 Å².